The summed E-state index contributed by atoms with van der Waals surface area (Å²) in [6.07, 6.45) is 0.805. The maximum atomic E-state index is 10.7. The molecule has 1 aromatic carbocycles. The van der Waals surface area contributed by atoms with E-state index in [4.69, 9.17) is 14.9 Å². The Kier molecular flexibility index (Phi) is 3.34. The van der Waals surface area contributed by atoms with Gasteiger partial charge in [0.2, 0.25) is 0 Å². The first-order chi connectivity index (χ1) is 6.65. The van der Waals surface area contributed by atoms with Crippen molar-refractivity contribution in [1.29, 1.82) is 0 Å². The fraction of sp³-hybridized carbons (Fsp3) is 0.300. The molecule has 0 atom stereocenters. The standard InChI is InChI=1S/C10H12O4/c1-2-5-14-9-4-3-7(11)6-8(9)10(12)13/h3-4,6,11H,2,5H2,1H3,(H,12,13). The van der Waals surface area contributed by atoms with Crippen LogP contribution in [0.2, 0.25) is 0 Å². The average molecular weight is 196 g/mol. The molecule has 0 aliphatic heterocycles. The smallest absolute Gasteiger partial charge is 0.339 e. The van der Waals surface area contributed by atoms with Crippen molar-refractivity contribution in [3.05, 3.63) is 23.8 Å². The topological polar surface area (TPSA) is 66.8 Å². The molecule has 1 aromatic rings. The predicted molar refractivity (Wildman–Crippen MR) is 50.9 cm³/mol. The number of hydrogen-bond acceptors (Lipinski definition) is 3. The number of carboxylic acids is 1. The van der Waals surface area contributed by atoms with Crippen LogP contribution in [0.5, 0.6) is 11.5 Å². The molecule has 0 amide bonds. The summed E-state index contributed by atoms with van der Waals surface area (Å²) in [4.78, 5) is 10.7. The third kappa shape index (κ3) is 2.39. The third-order valence-electron chi connectivity index (χ3n) is 1.66. The molecule has 4 nitrogen and oxygen atoms in total. The zero-order chi connectivity index (χ0) is 10.6. The van der Waals surface area contributed by atoms with E-state index in [1.807, 2.05) is 6.92 Å². The van der Waals surface area contributed by atoms with Crippen LogP contribution in [0.3, 0.4) is 0 Å². The van der Waals surface area contributed by atoms with Crippen molar-refractivity contribution in [3.8, 4) is 11.5 Å². The summed E-state index contributed by atoms with van der Waals surface area (Å²) >= 11 is 0. The maximum Gasteiger partial charge on any atom is 0.339 e. The Bertz CT molecular complexity index is 333. The number of rotatable bonds is 4. The second-order valence-corrected chi connectivity index (χ2v) is 2.83. The molecule has 0 aliphatic carbocycles. The lowest BCUT2D eigenvalue weighted by molar-refractivity contribution is 0.0691. The van der Waals surface area contributed by atoms with Gasteiger partial charge in [-0.25, -0.2) is 4.79 Å². The van der Waals surface area contributed by atoms with E-state index in [9.17, 15) is 4.79 Å². The Morgan fingerprint density at radius 1 is 1.50 bits per heavy atom. The van der Waals surface area contributed by atoms with Gasteiger partial charge in [0.25, 0.3) is 0 Å². The molecule has 0 aliphatic rings. The average Bonchev–Trinajstić information content (AvgIpc) is 2.15. The van der Waals surface area contributed by atoms with Crippen molar-refractivity contribution in [2.75, 3.05) is 6.61 Å². The molecule has 0 saturated carbocycles. The van der Waals surface area contributed by atoms with Gasteiger partial charge in [-0.2, -0.15) is 0 Å². The van der Waals surface area contributed by atoms with Crippen LogP contribution in [-0.2, 0) is 0 Å². The summed E-state index contributed by atoms with van der Waals surface area (Å²) in [6, 6.07) is 4.03. The van der Waals surface area contributed by atoms with Gasteiger partial charge in [-0.05, 0) is 24.6 Å². The number of phenols is 1. The van der Waals surface area contributed by atoms with Crippen molar-refractivity contribution in [2.24, 2.45) is 0 Å². The summed E-state index contributed by atoms with van der Waals surface area (Å²) in [6.45, 7) is 2.39. The fourth-order valence-electron chi connectivity index (χ4n) is 1.02. The Morgan fingerprint density at radius 3 is 2.79 bits per heavy atom. The second-order valence-electron chi connectivity index (χ2n) is 2.83. The van der Waals surface area contributed by atoms with Gasteiger partial charge in [0.15, 0.2) is 0 Å². The largest absolute Gasteiger partial charge is 0.508 e. The normalized spacial score (nSPS) is 9.79. The molecule has 0 spiro atoms. The van der Waals surface area contributed by atoms with Crippen LogP contribution in [0, 0.1) is 0 Å². The van der Waals surface area contributed by atoms with Crippen LogP contribution in [0.4, 0.5) is 0 Å². The van der Waals surface area contributed by atoms with Gasteiger partial charge in [0, 0.05) is 0 Å². The highest BCUT2D eigenvalue weighted by atomic mass is 16.5. The number of aromatic carboxylic acids is 1. The molecule has 0 fully saturated rings. The summed E-state index contributed by atoms with van der Waals surface area (Å²) < 4.78 is 5.21. The van der Waals surface area contributed by atoms with Crippen LogP contribution in [-0.4, -0.2) is 22.8 Å². The van der Waals surface area contributed by atoms with Crippen molar-refractivity contribution in [1.82, 2.24) is 0 Å². The quantitative estimate of drug-likeness (QED) is 0.771. The lowest BCUT2D eigenvalue weighted by Gasteiger charge is -2.07. The van der Waals surface area contributed by atoms with Crippen LogP contribution in [0.25, 0.3) is 0 Å². The lowest BCUT2D eigenvalue weighted by atomic mass is 10.2. The molecular weight excluding hydrogens is 184 g/mol. The number of carbonyl (C=O) groups is 1. The van der Waals surface area contributed by atoms with Crippen molar-refractivity contribution in [2.45, 2.75) is 13.3 Å². The van der Waals surface area contributed by atoms with E-state index in [1.54, 1.807) is 0 Å². The number of phenolic OH excluding ortho intramolecular Hbond substituents is 1. The molecule has 76 valence electrons. The Morgan fingerprint density at radius 2 is 2.21 bits per heavy atom. The van der Waals surface area contributed by atoms with Gasteiger partial charge in [-0.15, -0.1) is 0 Å². The molecule has 4 heteroatoms. The van der Waals surface area contributed by atoms with E-state index in [0.717, 1.165) is 6.42 Å². The van der Waals surface area contributed by atoms with Crippen LogP contribution in [0.15, 0.2) is 18.2 Å². The Hall–Kier alpha value is -1.71. The SMILES string of the molecule is CCCOc1ccc(O)cc1C(=O)O. The van der Waals surface area contributed by atoms with Gasteiger partial charge in [-0.3, -0.25) is 0 Å². The molecule has 1 rings (SSSR count). The summed E-state index contributed by atoms with van der Waals surface area (Å²) in [5, 5.41) is 17.9. The minimum Gasteiger partial charge on any atom is -0.508 e. The predicted octanol–water partition coefficient (Wildman–Crippen LogP) is 1.88. The van der Waals surface area contributed by atoms with Gasteiger partial charge in [0.1, 0.15) is 17.1 Å². The number of benzene rings is 1. The molecule has 14 heavy (non-hydrogen) atoms. The van der Waals surface area contributed by atoms with Crippen LogP contribution < -0.4 is 4.74 Å². The zero-order valence-electron chi connectivity index (χ0n) is 7.86. The molecule has 0 radical (unpaired) electrons. The molecule has 0 heterocycles. The summed E-state index contributed by atoms with van der Waals surface area (Å²) in [7, 11) is 0. The van der Waals surface area contributed by atoms with Gasteiger partial charge in [0.05, 0.1) is 6.61 Å². The minimum absolute atomic E-state index is 0.0153. The lowest BCUT2D eigenvalue weighted by Crippen LogP contribution is -2.03. The Balaban J connectivity index is 2.96. The highest BCUT2D eigenvalue weighted by molar-refractivity contribution is 5.91. The molecular formula is C10H12O4. The van der Waals surface area contributed by atoms with E-state index in [0.29, 0.717) is 6.61 Å². The molecule has 0 saturated heterocycles. The van der Waals surface area contributed by atoms with Crippen molar-refractivity contribution in [3.63, 3.8) is 0 Å². The number of aromatic hydroxyl groups is 1. The first-order valence-corrected chi connectivity index (χ1v) is 4.34. The van der Waals surface area contributed by atoms with Crippen LogP contribution in [0.1, 0.15) is 23.7 Å². The zero-order valence-corrected chi connectivity index (χ0v) is 7.86. The van der Waals surface area contributed by atoms with Crippen molar-refractivity contribution < 1.29 is 19.7 Å². The van der Waals surface area contributed by atoms with Gasteiger partial charge < -0.3 is 14.9 Å². The van der Waals surface area contributed by atoms with E-state index in [2.05, 4.69) is 0 Å². The molecule has 0 unspecified atom stereocenters. The van der Waals surface area contributed by atoms with E-state index < -0.39 is 5.97 Å². The summed E-state index contributed by atoms with van der Waals surface area (Å²) in [5.41, 5.74) is -0.0153. The first kappa shape index (κ1) is 10.4. The molecule has 0 aromatic heterocycles. The number of hydrogen-bond donors (Lipinski definition) is 2. The third-order valence-corrected chi connectivity index (χ3v) is 1.66. The molecule has 0 bridgehead atoms. The second kappa shape index (κ2) is 4.50. The van der Waals surface area contributed by atoms with E-state index in [-0.39, 0.29) is 17.1 Å². The van der Waals surface area contributed by atoms with Crippen molar-refractivity contribution >= 4 is 5.97 Å². The fourth-order valence-corrected chi connectivity index (χ4v) is 1.02. The number of carboxylic acid groups (broad SMARTS) is 1. The Labute approximate surface area is 81.8 Å². The van der Waals surface area contributed by atoms with E-state index in [1.165, 1.54) is 18.2 Å². The highest BCUT2D eigenvalue weighted by Crippen LogP contribution is 2.23. The highest BCUT2D eigenvalue weighted by Gasteiger charge is 2.11. The minimum atomic E-state index is -1.10. The monoisotopic (exact) mass is 196 g/mol. The first-order valence-electron chi connectivity index (χ1n) is 4.34. The summed E-state index contributed by atoms with van der Waals surface area (Å²) in [5.74, 6) is -0.893. The maximum absolute atomic E-state index is 10.7. The van der Waals surface area contributed by atoms with Crippen LogP contribution >= 0.6 is 0 Å². The van der Waals surface area contributed by atoms with Gasteiger partial charge >= 0.3 is 5.97 Å². The molecule has 2 N–H and O–H groups in total. The number of ether oxygens (including phenoxy) is 1. The van der Waals surface area contributed by atoms with E-state index >= 15 is 0 Å². The van der Waals surface area contributed by atoms with Gasteiger partial charge in [-0.1, -0.05) is 6.92 Å².